The second-order valence-electron chi connectivity index (χ2n) is 4.59. The molecule has 6 nitrogen and oxygen atoms in total. The minimum atomic E-state index is -1.01. The van der Waals surface area contributed by atoms with Crippen LogP contribution in [0.25, 0.3) is 0 Å². The van der Waals surface area contributed by atoms with Crippen molar-refractivity contribution in [3.05, 3.63) is 0 Å². The fraction of sp³-hybridized carbons (Fsp3) is 0.727. The van der Waals surface area contributed by atoms with E-state index < -0.39 is 23.5 Å². The van der Waals surface area contributed by atoms with Crippen LogP contribution >= 0.6 is 0 Å². The quantitative estimate of drug-likeness (QED) is 0.744. The molecule has 0 aromatic heterocycles. The van der Waals surface area contributed by atoms with E-state index in [1.807, 2.05) is 0 Å². The van der Waals surface area contributed by atoms with Gasteiger partial charge in [-0.3, -0.25) is 4.79 Å². The number of ether oxygens (including phenoxy) is 2. The summed E-state index contributed by atoms with van der Waals surface area (Å²) in [5, 5.41) is 2.26. The Morgan fingerprint density at radius 2 is 1.65 bits per heavy atom. The second kappa shape index (κ2) is 6.22. The first-order chi connectivity index (χ1) is 7.72. The van der Waals surface area contributed by atoms with Gasteiger partial charge in [0.05, 0.1) is 14.2 Å². The minimum absolute atomic E-state index is 0.120. The van der Waals surface area contributed by atoms with Crippen molar-refractivity contribution in [1.29, 1.82) is 0 Å². The van der Waals surface area contributed by atoms with Crippen molar-refractivity contribution < 1.29 is 23.9 Å². The lowest BCUT2D eigenvalue weighted by Gasteiger charge is -2.21. The predicted octanol–water partition coefficient (Wildman–Crippen LogP) is 0.889. The minimum Gasteiger partial charge on any atom is -0.467 e. The van der Waals surface area contributed by atoms with Crippen LogP contribution in [-0.4, -0.2) is 38.1 Å². The van der Waals surface area contributed by atoms with Crippen LogP contribution in [0.4, 0.5) is 4.79 Å². The Labute approximate surface area is 101 Å². The van der Waals surface area contributed by atoms with E-state index in [0.29, 0.717) is 0 Å². The number of hydrogen-bond donors (Lipinski definition) is 1. The van der Waals surface area contributed by atoms with Gasteiger partial charge in [0.25, 0.3) is 0 Å². The van der Waals surface area contributed by atoms with E-state index in [9.17, 15) is 14.4 Å². The number of nitrogens with one attached hydrogen (secondary N) is 1. The summed E-state index contributed by atoms with van der Waals surface area (Å²) >= 11 is 0. The molecule has 0 aliphatic rings. The summed E-state index contributed by atoms with van der Waals surface area (Å²) in [4.78, 5) is 34.2. The fourth-order valence-electron chi connectivity index (χ4n) is 1.03. The highest BCUT2D eigenvalue weighted by atomic mass is 16.5. The molecule has 0 rings (SSSR count). The average Bonchev–Trinajstić information content (AvgIpc) is 2.25. The third kappa shape index (κ3) is 5.33. The van der Waals surface area contributed by atoms with Crippen LogP contribution in [0.1, 0.15) is 27.2 Å². The molecule has 1 atom stereocenters. The molecule has 1 amide bonds. The molecule has 0 saturated carbocycles. The monoisotopic (exact) mass is 245 g/mol. The molecule has 0 saturated heterocycles. The highest BCUT2D eigenvalue weighted by molar-refractivity contribution is 5.91. The zero-order valence-electron chi connectivity index (χ0n) is 10.8. The van der Waals surface area contributed by atoms with E-state index in [-0.39, 0.29) is 12.2 Å². The van der Waals surface area contributed by atoms with Gasteiger partial charge in [0.2, 0.25) is 0 Å². The van der Waals surface area contributed by atoms with E-state index >= 15 is 0 Å². The van der Waals surface area contributed by atoms with Gasteiger partial charge in [0, 0.05) is 11.8 Å². The van der Waals surface area contributed by atoms with Gasteiger partial charge >= 0.3 is 12.1 Å². The lowest BCUT2D eigenvalue weighted by Crippen LogP contribution is -2.44. The van der Waals surface area contributed by atoms with Gasteiger partial charge in [0.1, 0.15) is 11.8 Å². The van der Waals surface area contributed by atoms with Gasteiger partial charge in [-0.05, 0) is 0 Å². The number of methoxy groups -OCH3 is 2. The Balaban J connectivity index is 4.66. The zero-order valence-corrected chi connectivity index (χ0v) is 10.8. The summed E-state index contributed by atoms with van der Waals surface area (Å²) in [6, 6.07) is -1.01. The summed E-state index contributed by atoms with van der Waals surface area (Å²) in [5.41, 5.74) is -0.579. The standard InChI is InChI=1S/C11H19NO5/c1-11(2,3)8(13)6-7(9(14)16-4)12-10(15)17-5/h7H,6H2,1-5H3,(H,12,15). The molecule has 0 aliphatic carbocycles. The predicted molar refractivity (Wildman–Crippen MR) is 60.4 cm³/mol. The normalized spacial score (nSPS) is 12.5. The molecule has 0 bridgehead atoms. The van der Waals surface area contributed by atoms with Crippen LogP contribution in [0, 0.1) is 5.41 Å². The molecule has 0 radical (unpaired) electrons. The third-order valence-corrected chi connectivity index (χ3v) is 2.19. The maximum Gasteiger partial charge on any atom is 0.407 e. The Kier molecular flexibility index (Phi) is 5.64. The number of amides is 1. The maximum absolute atomic E-state index is 11.8. The molecular weight excluding hydrogens is 226 g/mol. The molecular formula is C11H19NO5. The largest absolute Gasteiger partial charge is 0.467 e. The average molecular weight is 245 g/mol. The smallest absolute Gasteiger partial charge is 0.407 e. The molecule has 98 valence electrons. The zero-order chi connectivity index (χ0) is 13.6. The van der Waals surface area contributed by atoms with Gasteiger partial charge in [-0.2, -0.15) is 0 Å². The van der Waals surface area contributed by atoms with Crippen molar-refractivity contribution >= 4 is 17.8 Å². The SMILES string of the molecule is COC(=O)NC(CC(=O)C(C)(C)C)C(=O)OC. The van der Waals surface area contributed by atoms with Crippen molar-refractivity contribution in [3.63, 3.8) is 0 Å². The van der Waals surface area contributed by atoms with Gasteiger partial charge in [0.15, 0.2) is 0 Å². The van der Waals surface area contributed by atoms with E-state index in [2.05, 4.69) is 14.8 Å². The van der Waals surface area contributed by atoms with Crippen LogP contribution in [0.15, 0.2) is 0 Å². The van der Waals surface area contributed by atoms with Gasteiger partial charge < -0.3 is 14.8 Å². The summed E-state index contributed by atoms with van der Waals surface area (Å²) in [7, 11) is 2.37. The number of alkyl carbamates (subject to hydrolysis) is 1. The number of carbonyl (C=O) groups is 3. The molecule has 1 N–H and O–H groups in total. The molecule has 0 aliphatic heterocycles. The van der Waals surface area contributed by atoms with Gasteiger partial charge in [-0.15, -0.1) is 0 Å². The number of carbonyl (C=O) groups excluding carboxylic acids is 3. The van der Waals surface area contributed by atoms with Crippen LogP contribution < -0.4 is 5.32 Å². The van der Waals surface area contributed by atoms with E-state index in [1.54, 1.807) is 20.8 Å². The summed E-state index contributed by atoms with van der Waals surface area (Å²) in [5.74, 6) is -0.822. The Bertz CT molecular complexity index is 305. The summed E-state index contributed by atoms with van der Waals surface area (Å²) in [6.07, 6.45) is -0.896. The highest BCUT2D eigenvalue weighted by Crippen LogP contribution is 2.18. The molecule has 6 heteroatoms. The van der Waals surface area contributed by atoms with Crippen molar-refractivity contribution in [2.45, 2.75) is 33.2 Å². The van der Waals surface area contributed by atoms with Gasteiger partial charge in [-0.25, -0.2) is 9.59 Å². The summed E-state index contributed by atoms with van der Waals surface area (Å²) in [6.45, 7) is 5.21. The van der Waals surface area contributed by atoms with E-state index in [0.717, 1.165) is 0 Å². The van der Waals surface area contributed by atoms with Crippen LogP contribution in [0.5, 0.6) is 0 Å². The number of Topliss-reactive ketones (excluding diaryl/α,β-unsaturated/α-hetero) is 1. The fourth-order valence-corrected chi connectivity index (χ4v) is 1.03. The second-order valence-corrected chi connectivity index (χ2v) is 4.59. The Morgan fingerprint density at radius 3 is 2.00 bits per heavy atom. The third-order valence-electron chi connectivity index (χ3n) is 2.19. The van der Waals surface area contributed by atoms with E-state index in [4.69, 9.17) is 0 Å². The first-order valence-electron chi connectivity index (χ1n) is 5.18. The lowest BCUT2D eigenvalue weighted by atomic mass is 9.87. The molecule has 17 heavy (non-hydrogen) atoms. The van der Waals surface area contributed by atoms with Crippen molar-refractivity contribution in [3.8, 4) is 0 Å². The number of ketones is 1. The van der Waals surface area contributed by atoms with Crippen LogP contribution in [0.3, 0.4) is 0 Å². The topological polar surface area (TPSA) is 81.7 Å². The molecule has 0 fully saturated rings. The van der Waals surface area contributed by atoms with Crippen LogP contribution in [-0.2, 0) is 19.1 Å². The molecule has 0 spiro atoms. The first-order valence-corrected chi connectivity index (χ1v) is 5.18. The Hall–Kier alpha value is -1.59. The first kappa shape index (κ1) is 15.4. The Morgan fingerprint density at radius 1 is 1.12 bits per heavy atom. The van der Waals surface area contributed by atoms with Crippen molar-refractivity contribution in [1.82, 2.24) is 5.32 Å². The maximum atomic E-state index is 11.8. The lowest BCUT2D eigenvalue weighted by molar-refractivity contribution is -0.145. The van der Waals surface area contributed by atoms with Crippen molar-refractivity contribution in [2.75, 3.05) is 14.2 Å². The number of rotatable bonds is 4. The number of hydrogen-bond acceptors (Lipinski definition) is 5. The van der Waals surface area contributed by atoms with Crippen LogP contribution in [0.2, 0.25) is 0 Å². The molecule has 1 unspecified atom stereocenters. The molecule has 0 heterocycles. The van der Waals surface area contributed by atoms with Gasteiger partial charge in [-0.1, -0.05) is 20.8 Å². The van der Waals surface area contributed by atoms with E-state index in [1.165, 1.54) is 14.2 Å². The highest BCUT2D eigenvalue weighted by Gasteiger charge is 2.30. The summed E-state index contributed by atoms with van der Waals surface area (Å²) < 4.78 is 8.88. The number of esters is 1. The molecule has 0 aromatic carbocycles. The van der Waals surface area contributed by atoms with Crippen molar-refractivity contribution in [2.24, 2.45) is 5.41 Å². The molecule has 0 aromatic rings.